The van der Waals surface area contributed by atoms with Gasteiger partial charge in [-0.25, -0.2) is 0 Å². The zero-order chi connectivity index (χ0) is 26.4. The molecule has 0 bridgehead atoms. The van der Waals surface area contributed by atoms with Gasteiger partial charge in [0.1, 0.15) is 11.7 Å². The van der Waals surface area contributed by atoms with Gasteiger partial charge in [0.2, 0.25) is 0 Å². The molecule has 3 saturated carbocycles. The first-order chi connectivity index (χ1) is 16.9. The van der Waals surface area contributed by atoms with E-state index in [1.54, 1.807) is 0 Å². The van der Waals surface area contributed by atoms with Gasteiger partial charge < -0.3 is 18.7 Å². The van der Waals surface area contributed by atoms with Gasteiger partial charge in [-0.2, -0.15) is 0 Å². The fourth-order valence-corrected chi connectivity index (χ4v) is 11.0. The Labute approximate surface area is 225 Å². The molecule has 4 fully saturated rings. The molecule has 1 aliphatic heterocycles. The number of aliphatic hydroxyl groups excluding tert-OH is 1. The van der Waals surface area contributed by atoms with E-state index >= 15 is 0 Å². The molecule has 6 heteroatoms. The van der Waals surface area contributed by atoms with Crippen molar-refractivity contribution in [3.05, 3.63) is 12.2 Å². The van der Waals surface area contributed by atoms with Crippen LogP contribution in [0.25, 0.3) is 0 Å². The SMILES string of the molecule is CCCC[C@](C=C[C@H]1[C@H](C(C)(C)C)C[C@@]2(O[SiH](C)C)C3OC3(CO)C[C@@H]12)(O[SiH](C)C)C1CCCCC1. The van der Waals surface area contributed by atoms with Gasteiger partial charge in [-0.15, -0.1) is 0 Å². The van der Waals surface area contributed by atoms with Gasteiger partial charge in [0.05, 0.1) is 17.8 Å². The van der Waals surface area contributed by atoms with E-state index in [-0.39, 0.29) is 34.9 Å². The Balaban J connectivity index is 1.72. The second-order valence-corrected chi connectivity index (χ2v) is 19.0. The smallest absolute Gasteiger partial charge is 0.172 e. The maximum atomic E-state index is 10.3. The summed E-state index contributed by atoms with van der Waals surface area (Å²) in [6, 6.07) is 0. The molecule has 0 radical (unpaired) electrons. The summed E-state index contributed by atoms with van der Waals surface area (Å²) >= 11 is 0. The van der Waals surface area contributed by atoms with E-state index in [0.29, 0.717) is 23.7 Å². The van der Waals surface area contributed by atoms with Crippen LogP contribution in [0.1, 0.15) is 91.9 Å². The molecule has 0 spiro atoms. The highest BCUT2D eigenvalue weighted by Crippen LogP contribution is 2.69. The molecule has 36 heavy (non-hydrogen) atoms. The summed E-state index contributed by atoms with van der Waals surface area (Å²) in [5.41, 5.74) is -0.492. The third kappa shape index (κ3) is 5.38. The highest BCUT2D eigenvalue weighted by atomic mass is 28.3. The first kappa shape index (κ1) is 29.0. The minimum absolute atomic E-state index is 0.0701. The molecule has 208 valence electrons. The Hall–Kier alpha value is 0.0138. The molecule has 4 rings (SSSR count). The van der Waals surface area contributed by atoms with Crippen LogP contribution in [-0.2, 0) is 13.6 Å². The minimum atomic E-state index is -1.29. The van der Waals surface area contributed by atoms with Gasteiger partial charge in [0, 0.05) is 0 Å². The summed E-state index contributed by atoms with van der Waals surface area (Å²) in [4.78, 5) is 0. The predicted octanol–water partition coefficient (Wildman–Crippen LogP) is 6.62. The van der Waals surface area contributed by atoms with Crippen LogP contribution in [0.3, 0.4) is 0 Å². The molecular weight excluding hydrogens is 480 g/mol. The van der Waals surface area contributed by atoms with Gasteiger partial charge in [-0.05, 0) is 87.4 Å². The van der Waals surface area contributed by atoms with Crippen molar-refractivity contribution in [3.63, 3.8) is 0 Å². The Kier molecular flexibility index (Phi) is 8.77. The van der Waals surface area contributed by atoms with Crippen molar-refractivity contribution >= 4 is 18.1 Å². The van der Waals surface area contributed by atoms with E-state index in [1.165, 1.54) is 44.9 Å². The quantitative estimate of drug-likeness (QED) is 0.183. The van der Waals surface area contributed by atoms with E-state index < -0.39 is 18.1 Å². The van der Waals surface area contributed by atoms with Crippen LogP contribution >= 0.6 is 0 Å². The fraction of sp³-hybridized carbons (Fsp3) is 0.933. The van der Waals surface area contributed by atoms with E-state index in [0.717, 1.165) is 19.3 Å². The first-order valence-corrected chi connectivity index (χ1v) is 20.8. The first-order valence-electron chi connectivity index (χ1n) is 15.3. The van der Waals surface area contributed by atoms with Gasteiger partial charge >= 0.3 is 0 Å². The summed E-state index contributed by atoms with van der Waals surface area (Å²) in [6.07, 6.45) is 17.6. The molecule has 4 aliphatic rings. The van der Waals surface area contributed by atoms with Crippen molar-refractivity contribution in [1.82, 2.24) is 0 Å². The summed E-state index contributed by atoms with van der Waals surface area (Å²) < 4.78 is 20.3. The molecule has 1 saturated heterocycles. The van der Waals surface area contributed by atoms with Crippen LogP contribution < -0.4 is 0 Å². The molecule has 2 unspecified atom stereocenters. The Bertz CT molecular complexity index is 773. The number of hydrogen-bond acceptors (Lipinski definition) is 4. The number of epoxide rings is 1. The van der Waals surface area contributed by atoms with Crippen molar-refractivity contribution in [2.24, 2.45) is 29.1 Å². The van der Waals surface area contributed by atoms with Crippen LogP contribution in [0.4, 0.5) is 0 Å². The van der Waals surface area contributed by atoms with Gasteiger partial charge in [0.15, 0.2) is 18.1 Å². The monoisotopic (exact) mass is 536 g/mol. The lowest BCUT2D eigenvalue weighted by Gasteiger charge is -2.43. The van der Waals surface area contributed by atoms with E-state index in [4.69, 9.17) is 13.6 Å². The number of aliphatic hydroxyl groups is 1. The molecule has 3 aliphatic carbocycles. The topological polar surface area (TPSA) is 51.2 Å². The minimum Gasteiger partial charge on any atom is -0.412 e. The Morgan fingerprint density at radius 3 is 2.28 bits per heavy atom. The third-order valence-corrected chi connectivity index (χ3v) is 11.8. The number of hydrogen-bond donors (Lipinski definition) is 1. The van der Waals surface area contributed by atoms with E-state index in [1.807, 2.05) is 0 Å². The number of unbranched alkanes of at least 4 members (excludes halogenated alkanes) is 1. The second-order valence-electron chi connectivity index (χ2n) is 14.3. The predicted molar refractivity (Wildman–Crippen MR) is 154 cm³/mol. The van der Waals surface area contributed by atoms with E-state index in [2.05, 4.69) is 66.0 Å². The highest BCUT2D eigenvalue weighted by Gasteiger charge is 2.79. The molecule has 1 N–H and O–H groups in total. The van der Waals surface area contributed by atoms with Crippen LogP contribution in [0.5, 0.6) is 0 Å². The lowest BCUT2D eigenvalue weighted by molar-refractivity contribution is -0.0146. The zero-order valence-corrected chi connectivity index (χ0v) is 27.0. The summed E-state index contributed by atoms with van der Waals surface area (Å²) in [6.45, 7) is 19.0. The molecule has 7 atom stereocenters. The molecule has 0 aromatic heterocycles. The number of ether oxygens (including phenoxy) is 1. The fourth-order valence-electron chi connectivity index (χ4n) is 8.47. The summed E-state index contributed by atoms with van der Waals surface area (Å²) in [7, 11) is -2.51. The van der Waals surface area contributed by atoms with Crippen LogP contribution in [-0.4, -0.2) is 52.7 Å². The number of fused-ring (bicyclic) bond motifs is 3. The molecule has 1 heterocycles. The number of rotatable bonds is 11. The second kappa shape index (κ2) is 10.9. The summed E-state index contributed by atoms with van der Waals surface area (Å²) in [5, 5.41) is 10.3. The molecule has 0 aromatic rings. The van der Waals surface area contributed by atoms with Crippen molar-refractivity contribution < 1.29 is 18.7 Å². The summed E-state index contributed by atoms with van der Waals surface area (Å²) in [5.74, 6) is 2.05. The average Bonchev–Trinajstić information content (AvgIpc) is 3.37. The Morgan fingerprint density at radius 1 is 1.03 bits per heavy atom. The third-order valence-electron chi connectivity index (χ3n) is 9.99. The van der Waals surface area contributed by atoms with Crippen LogP contribution in [0.2, 0.25) is 26.2 Å². The van der Waals surface area contributed by atoms with Crippen molar-refractivity contribution in [2.75, 3.05) is 6.61 Å². The van der Waals surface area contributed by atoms with Gasteiger partial charge in [-0.1, -0.05) is 72.0 Å². The lowest BCUT2D eigenvalue weighted by Crippen LogP contribution is -2.44. The maximum absolute atomic E-state index is 10.3. The van der Waals surface area contributed by atoms with Crippen LogP contribution in [0.15, 0.2) is 12.2 Å². The lowest BCUT2D eigenvalue weighted by atomic mass is 9.70. The Morgan fingerprint density at radius 2 is 1.72 bits per heavy atom. The molecule has 0 amide bonds. The average molecular weight is 537 g/mol. The largest absolute Gasteiger partial charge is 0.412 e. The molecule has 0 aromatic carbocycles. The molecule has 4 nitrogen and oxygen atoms in total. The zero-order valence-electron chi connectivity index (χ0n) is 24.6. The van der Waals surface area contributed by atoms with Crippen molar-refractivity contribution in [2.45, 2.75) is 141 Å². The van der Waals surface area contributed by atoms with Crippen molar-refractivity contribution in [1.29, 1.82) is 0 Å². The van der Waals surface area contributed by atoms with Crippen molar-refractivity contribution in [3.8, 4) is 0 Å². The van der Waals surface area contributed by atoms with Gasteiger partial charge in [0.25, 0.3) is 0 Å². The maximum Gasteiger partial charge on any atom is 0.172 e. The normalized spacial score (nSPS) is 38.6. The standard InChI is InChI=1S/C30H56O4Si2/c1-9-10-17-28(33-35(5)6,22-14-12-11-13-15-22)18-16-23-24(27(2,3)4)20-30(34-36(7)8)25(23)19-29(21-31)26(30)32-29/h16,18,22-26,31,35-36H,9-15,17,19-21H2,1-8H3/t23-,24+,25-,26?,28+,29?,30-/m0/s1. The highest BCUT2D eigenvalue weighted by molar-refractivity contribution is 6.48. The van der Waals surface area contributed by atoms with E-state index in [9.17, 15) is 5.11 Å². The van der Waals surface area contributed by atoms with Gasteiger partial charge in [-0.3, -0.25) is 0 Å². The van der Waals surface area contributed by atoms with Crippen LogP contribution in [0, 0.1) is 29.1 Å². The molecular formula is C30H56O4Si2. The number of allylic oxidation sites excluding steroid dienone is 1.